The van der Waals surface area contributed by atoms with Crippen molar-refractivity contribution in [1.82, 2.24) is 4.90 Å². The largest absolute Gasteiger partial charge is 0.351 e. The molecule has 0 atom stereocenters. The van der Waals surface area contributed by atoms with Gasteiger partial charge in [0, 0.05) is 19.2 Å². The van der Waals surface area contributed by atoms with Gasteiger partial charge in [-0.05, 0) is 43.2 Å². The van der Waals surface area contributed by atoms with Crippen molar-refractivity contribution in [2.24, 2.45) is 4.99 Å². The standard InChI is InChI=1S/C15H15N3O3S/c19-14-13(10-11-6-2-3-7-12(11)18(20)21)22-15(16-14)17-8-4-1-5-9-17/h2-3,6-7,10H,1,4-5,8-9H2. The maximum absolute atomic E-state index is 12.0. The first-order valence-corrected chi connectivity index (χ1v) is 7.98. The number of aliphatic imine (C=N–C) groups is 1. The summed E-state index contributed by atoms with van der Waals surface area (Å²) in [6, 6.07) is 6.40. The summed E-state index contributed by atoms with van der Waals surface area (Å²) in [5.74, 6) is -0.316. The van der Waals surface area contributed by atoms with Crippen LogP contribution in [0.4, 0.5) is 5.69 Å². The van der Waals surface area contributed by atoms with E-state index in [4.69, 9.17) is 0 Å². The van der Waals surface area contributed by atoms with Crippen LogP contribution in [0.25, 0.3) is 6.08 Å². The SMILES string of the molecule is O=C1N=C(N2CCCCC2)SC1=Cc1ccccc1[N+](=O)[O-]. The maximum Gasteiger partial charge on any atom is 0.286 e. The highest BCUT2D eigenvalue weighted by molar-refractivity contribution is 8.18. The number of amidine groups is 1. The molecule has 2 aliphatic heterocycles. The lowest BCUT2D eigenvalue weighted by molar-refractivity contribution is -0.385. The minimum absolute atomic E-state index is 0.00479. The second-order valence-corrected chi connectivity index (χ2v) is 6.18. The molecule has 1 amide bonds. The molecule has 3 rings (SSSR count). The predicted molar refractivity (Wildman–Crippen MR) is 86.5 cm³/mol. The minimum Gasteiger partial charge on any atom is -0.351 e. The summed E-state index contributed by atoms with van der Waals surface area (Å²) in [5.41, 5.74) is 0.424. The van der Waals surface area contributed by atoms with Gasteiger partial charge >= 0.3 is 0 Å². The third kappa shape index (κ3) is 3.04. The molecule has 0 N–H and O–H groups in total. The summed E-state index contributed by atoms with van der Waals surface area (Å²) >= 11 is 1.31. The summed E-state index contributed by atoms with van der Waals surface area (Å²) in [6.07, 6.45) is 4.99. The fourth-order valence-electron chi connectivity index (χ4n) is 2.54. The molecule has 0 unspecified atom stereocenters. The molecule has 0 radical (unpaired) electrons. The van der Waals surface area contributed by atoms with E-state index in [9.17, 15) is 14.9 Å². The number of hydrogen-bond donors (Lipinski definition) is 0. The van der Waals surface area contributed by atoms with E-state index in [-0.39, 0.29) is 11.6 Å². The Labute approximate surface area is 132 Å². The molecule has 114 valence electrons. The van der Waals surface area contributed by atoms with Gasteiger partial charge in [-0.25, -0.2) is 0 Å². The average Bonchev–Trinajstić information content (AvgIpc) is 2.90. The van der Waals surface area contributed by atoms with Crippen LogP contribution >= 0.6 is 11.8 Å². The van der Waals surface area contributed by atoms with Crippen molar-refractivity contribution in [2.75, 3.05) is 13.1 Å². The number of carbonyl (C=O) groups is 1. The normalized spacial score (nSPS) is 20.4. The highest BCUT2D eigenvalue weighted by atomic mass is 32.2. The van der Waals surface area contributed by atoms with E-state index in [1.807, 2.05) is 0 Å². The zero-order valence-electron chi connectivity index (χ0n) is 11.9. The van der Waals surface area contributed by atoms with Crippen LogP contribution < -0.4 is 0 Å². The number of carbonyl (C=O) groups excluding carboxylic acids is 1. The summed E-state index contributed by atoms with van der Waals surface area (Å²) in [5, 5.41) is 11.8. The quantitative estimate of drug-likeness (QED) is 0.476. The lowest BCUT2D eigenvalue weighted by Crippen LogP contribution is -2.33. The van der Waals surface area contributed by atoms with E-state index < -0.39 is 4.92 Å². The van der Waals surface area contributed by atoms with E-state index in [1.54, 1.807) is 24.3 Å². The molecule has 0 bridgehead atoms. The molecule has 6 nitrogen and oxygen atoms in total. The molecule has 2 aliphatic rings. The number of likely N-dealkylation sites (tertiary alicyclic amines) is 1. The first-order chi connectivity index (χ1) is 10.6. The van der Waals surface area contributed by atoms with Gasteiger partial charge in [-0.2, -0.15) is 4.99 Å². The second kappa shape index (κ2) is 6.31. The van der Waals surface area contributed by atoms with Crippen LogP contribution in [-0.2, 0) is 4.79 Å². The number of para-hydroxylation sites is 1. The number of benzene rings is 1. The number of hydrogen-bond acceptors (Lipinski definition) is 5. The van der Waals surface area contributed by atoms with Crippen LogP contribution in [0.15, 0.2) is 34.2 Å². The van der Waals surface area contributed by atoms with Crippen LogP contribution in [0.5, 0.6) is 0 Å². The van der Waals surface area contributed by atoms with Gasteiger partial charge < -0.3 is 4.90 Å². The highest BCUT2D eigenvalue weighted by Gasteiger charge is 2.27. The molecular formula is C15H15N3O3S. The smallest absolute Gasteiger partial charge is 0.286 e. The summed E-state index contributed by atoms with van der Waals surface area (Å²) in [4.78, 5) is 29.3. The number of piperidine rings is 1. The van der Waals surface area contributed by atoms with Gasteiger partial charge in [-0.15, -0.1) is 0 Å². The number of nitro groups is 1. The minimum atomic E-state index is -0.442. The van der Waals surface area contributed by atoms with Crippen molar-refractivity contribution in [3.63, 3.8) is 0 Å². The van der Waals surface area contributed by atoms with Gasteiger partial charge in [0.15, 0.2) is 5.17 Å². The van der Waals surface area contributed by atoms with Gasteiger partial charge in [0.2, 0.25) is 0 Å². The molecule has 1 fully saturated rings. The predicted octanol–water partition coefficient (Wildman–Crippen LogP) is 3.05. The zero-order valence-corrected chi connectivity index (χ0v) is 12.7. The van der Waals surface area contributed by atoms with Crippen LogP contribution in [-0.4, -0.2) is 34.0 Å². The van der Waals surface area contributed by atoms with Crippen LogP contribution in [0.1, 0.15) is 24.8 Å². The molecule has 0 aromatic heterocycles. The summed E-state index contributed by atoms with van der Waals surface area (Å²) in [6.45, 7) is 1.83. The van der Waals surface area contributed by atoms with Gasteiger partial charge in [0.25, 0.3) is 11.6 Å². The number of amides is 1. The second-order valence-electron chi connectivity index (χ2n) is 5.17. The Morgan fingerprint density at radius 3 is 2.68 bits per heavy atom. The average molecular weight is 317 g/mol. The van der Waals surface area contributed by atoms with E-state index in [0.29, 0.717) is 10.5 Å². The highest BCUT2D eigenvalue weighted by Crippen LogP contribution is 2.33. The number of rotatable bonds is 2. The Kier molecular flexibility index (Phi) is 4.24. The van der Waals surface area contributed by atoms with E-state index in [0.717, 1.165) is 31.1 Å². The Bertz CT molecular complexity index is 678. The molecule has 1 saturated heterocycles. The fraction of sp³-hybridized carbons (Fsp3) is 0.333. The molecule has 22 heavy (non-hydrogen) atoms. The van der Waals surface area contributed by atoms with Crippen LogP contribution in [0.2, 0.25) is 0 Å². The molecule has 7 heteroatoms. The Morgan fingerprint density at radius 1 is 1.23 bits per heavy atom. The van der Waals surface area contributed by atoms with Gasteiger partial charge in [-0.3, -0.25) is 14.9 Å². The Balaban J connectivity index is 1.82. The van der Waals surface area contributed by atoms with Crippen molar-refractivity contribution in [2.45, 2.75) is 19.3 Å². The molecule has 2 heterocycles. The van der Waals surface area contributed by atoms with Gasteiger partial charge in [-0.1, -0.05) is 12.1 Å². The van der Waals surface area contributed by atoms with Crippen molar-refractivity contribution in [1.29, 1.82) is 0 Å². The summed E-state index contributed by atoms with van der Waals surface area (Å²) < 4.78 is 0. The Morgan fingerprint density at radius 2 is 1.95 bits per heavy atom. The first kappa shape index (κ1) is 14.8. The number of nitro benzene ring substituents is 1. The van der Waals surface area contributed by atoms with Crippen LogP contribution in [0.3, 0.4) is 0 Å². The first-order valence-electron chi connectivity index (χ1n) is 7.16. The van der Waals surface area contributed by atoms with Gasteiger partial charge in [0.1, 0.15) is 0 Å². The Hall–Kier alpha value is -2.15. The third-order valence-corrected chi connectivity index (χ3v) is 4.70. The molecular weight excluding hydrogens is 302 g/mol. The van der Waals surface area contributed by atoms with E-state index >= 15 is 0 Å². The fourth-order valence-corrected chi connectivity index (χ4v) is 3.49. The number of nitrogens with zero attached hydrogens (tertiary/aromatic N) is 3. The van der Waals surface area contributed by atoms with Crippen molar-refractivity contribution < 1.29 is 9.72 Å². The van der Waals surface area contributed by atoms with E-state index in [2.05, 4.69) is 9.89 Å². The molecule has 0 aliphatic carbocycles. The summed E-state index contributed by atoms with van der Waals surface area (Å²) in [7, 11) is 0. The third-order valence-electron chi connectivity index (χ3n) is 3.66. The molecule has 1 aromatic rings. The molecule has 0 spiro atoms. The topological polar surface area (TPSA) is 75.8 Å². The molecule has 0 saturated carbocycles. The van der Waals surface area contributed by atoms with Crippen molar-refractivity contribution >= 4 is 34.6 Å². The maximum atomic E-state index is 12.0. The van der Waals surface area contributed by atoms with Crippen molar-refractivity contribution in [3.8, 4) is 0 Å². The number of thioether (sulfide) groups is 1. The van der Waals surface area contributed by atoms with Gasteiger partial charge in [0.05, 0.1) is 15.4 Å². The van der Waals surface area contributed by atoms with Crippen LogP contribution in [0, 0.1) is 10.1 Å². The van der Waals surface area contributed by atoms with Crippen molar-refractivity contribution in [3.05, 3.63) is 44.8 Å². The zero-order chi connectivity index (χ0) is 15.5. The van der Waals surface area contributed by atoms with E-state index in [1.165, 1.54) is 24.2 Å². The molecule has 1 aromatic carbocycles. The lowest BCUT2D eigenvalue weighted by atomic mass is 10.1. The lowest BCUT2D eigenvalue weighted by Gasteiger charge is -2.27. The monoisotopic (exact) mass is 317 g/mol.